The minimum Gasteiger partial charge on any atom is -0.443 e. The van der Waals surface area contributed by atoms with Gasteiger partial charge in [-0.15, -0.1) is 0 Å². The monoisotopic (exact) mass is 452 g/mol. The third-order valence-corrected chi connectivity index (χ3v) is 5.87. The zero-order valence-corrected chi connectivity index (χ0v) is 20.1. The van der Waals surface area contributed by atoms with Gasteiger partial charge in [0.15, 0.2) is 6.10 Å². The highest BCUT2D eigenvalue weighted by Crippen LogP contribution is 2.38. The number of aliphatic hydroxyl groups is 1. The summed E-state index contributed by atoms with van der Waals surface area (Å²) in [5.41, 5.74) is 3.38. The van der Waals surface area contributed by atoms with E-state index in [9.17, 15) is 14.3 Å². The van der Waals surface area contributed by atoms with Crippen molar-refractivity contribution in [3.05, 3.63) is 66.1 Å². The van der Waals surface area contributed by atoms with Crippen LogP contribution >= 0.6 is 0 Å². The van der Waals surface area contributed by atoms with Gasteiger partial charge in [0, 0.05) is 40.0 Å². The average molecular weight is 453 g/mol. The Morgan fingerprint density at radius 3 is 2.36 bits per heavy atom. The van der Waals surface area contributed by atoms with Crippen LogP contribution in [0.15, 0.2) is 54.6 Å². The number of hydrogen-bond donors (Lipinski definition) is 1. The molecule has 3 rings (SSSR count). The van der Waals surface area contributed by atoms with Gasteiger partial charge in [0.1, 0.15) is 11.6 Å². The minimum absolute atomic E-state index is 0.0252. The molecule has 4 nitrogen and oxygen atoms in total. The van der Waals surface area contributed by atoms with Crippen LogP contribution < -0.4 is 0 Å². The lowest BCUT2D eigenvalue weighted by Gasteiger charge is -2.18. The fraction of sp³-hybridized carbons (Fsp3) is 0.393. The highest BCUT2D eigenvalue weighted by molar-refractivity contribution is 6.01. The molecule has 3 N–H and O–H groups in total. The molecule has 1 heterocycles. The van der Waals surface area contributed by atoms with Gasteiger partial charge in [0.25, 0.3) is 0 Å². The van der Waals surface area contributed by atoms with E-state index in [0.717, 1.165) is 27.7 Å². The molecule has 0 bridgehead atoms. The van der Waals surface area contributed by atoms with E-state index in [1.54, 1.807) is 18.2 Å². The number of hydrogen-bond acceptors (Lipinski definition) is 2. The number of carbonyl (C=O) groups is 1. The van der Waals surface area contributed by atoms with Gasteiger partial charge in [0.2, 0.25) is 0 Å². The second-order valence-electron chi connectivity index (χ2n) is 9.98. The van der Waals surface area contributed by atoms with E-state index in [2.05, 4.69) is 30.5 Å². The lowest BCUT2D eigenvalue weighted by atomic mass is 9.87. The molecule has 1 aromatic heterocycles. The van der Waals surface area contributed by atoms with Gasteiger partial charge in [-0.25, -0.2) is 4.39 Å². The number of para-hydroxylation sites is 1. The Kier molecular flexibility index (Phi) is 7.55. The van der Waals surface area contributed by atoms with Gasteiger partial charge in [0.05, 0.1) is 12.5 Å². The summed E-state index contributed by atoms with van der Waals surface area (Å²) in [7, 11) is 0. The number of carbonyl (C=O) groups excluding carboxylic acids is 1. The van der Waals surface area contributed by atoms with Crippen LogP contribution in [-0.4, -0.2) is 32.8 Å². The Hall–Kier alpha value is -2.76. The maximum Gasteiger partial charge on any atom is 0.163 e. The Balaban J connectivity index is 1.97. The molecule has 0 saturated heterocycles. The number of fused-ring (bicyclic) bond motifs is 1. The van der Waals surface area contributed by atoms with Crippen molar-refractivity contribution >= 4 is 22.8 Å². The first-order valence-corrected chi connectivity index (χ1v) is 11.5. The van der Waals surface area contributed by atoms with Crippen LogP contribution in [0.4, 0.5) is 4.39 Å². The first-order chi connectivity index (χ1) is 15.5. The molecule has 0 unspecified atom stereocenters. The molecular formula is C28H35FNO3+. The van der Waals surface area contributed by atoms with Crippen molar-refractivity contribution in [3.63, 3.8) is 0 Å². The van der Waals surface area contributed by atoms with Gasteiger partial charge < -0.3 is 14.8 Å². The molecule has 0 aliphatic heterocycles. The molecule has 0 saturated carbocycles. The van der Waals surface area contributed by atoms with Crippen LogP contribution in [0.25, 0.3) is 28.1 Å². The smallest absolute Gasteiger partial charge is 0.163 e. The molecule has 0 amide bonds. The molecule has 2 aromatic carbocycles. The first-order valence-electron chi connectivity index (χ1n) is 11.5. The van der Waals surface area contributed by atoms with Crippen molar-refractivity contribution in [2.24, 2.45) is 5.41 Å². The molecule has 176 valence electrons. The summed E-state index contributed by atoms with van der Waals surface area (Å²) in [6.45, 7) is 9.75. The Bertz CT molecular complexity index is 1140. The largest absolute Gasteiger partial charge is 0.443 e. The maximum absolute atomic E-state index is 13.6. The van der Waals surface area contributed by atoms with E-state index in [4.69, 9.17) is 5.11 Å². The zero-order chi connectivity index (χ0) is 24.3. The first kappa shape index (κ1) is 24.9. The molecule has 0 spiro atoms. The fourth-order valence-electron chi connectivity index (χ4n) is 4.11. The summed E-state index contributed by atoms with van der Waals surface area (Å²) < 4.78 is 15.8. The van der Waals surface area contributed by atoms with Crippen molar-refractivity contribution < 1.29 is 19.4 Å². The Morgan fingerprint density at radius 2 is 1.76 bits per heavy atom. The maximum atomic E-state index is 13.6. The van der Waals surface area contributed by atoms with Crippen LogP contribution in [0.5, 0.6) is 0 Å². The molecule has 0 aliphatic rings. The third-order valence-electron chi connectivity index (χ3n) is 5.87. The molecule has 5 heteroatoms. The number of Topliss-reactive ketones (excluding diaryl/α,β-unsaturated/α-hetero) is 1. The van der Waals surface area contributed by atoms with Crippen LogP contribution in [0.2, 0.25) is 0 Å². The molecule has 33 heavy (non-hydrogen) atoms. The number of halogens is 1. The Morgan fingerprint density at radius 1 is 1.12 bits per heavy atom. The van der Waals surface area contributed by atoms with E-state index in [0.29, 0.717) is 0 Å². The zero-order valence-electron chi connectivity index (χ0n) is 20.1. The van der Waals surface area contributed by atoms with E-state index in [-0.39, 0.29) is 30.5 Å². The number of rotatable bonds is 8. The fourth-order valence-corrected chi connectivity index (χ4v) is 4.11. The second-order valence-corrected chi connectivity index (χ2v) is 9.98. The molecule has 0 aliphatic carbocycles. The van der Waals surface area contributed by atoms with E-state index in [1.807, 2.05) is 39.0 Å². The van der Waals surface area contributed by atoms with Gasteiger partial charge in [-0.3, -0.25) is 4.79 Å². The van der Waals surface area contributed by atoms with Gasteiger partial charge in [-0.2, -0.15) is 0 Å². The highest BCUT2D eigenvalue weighted by atomic mass is 19.1. The molecule has 0 radical (unpaired) electrons. The lowest BCUT2D eigenvalue weighted by Crippen LogP contribution is -2.27. The number of aromatic nitrogens is 1. The molecule has 0 fully saturated rings. The quantitative estimate of drug-likeness (QED) is 0.433. The second kappa shape index (κ2) is 10.0. The summed E-state index contributed by atoms with van der Waals surface area (Å²) in [5.74, 6) is -0.262. The Labute approximate surface area is 195 Å². The minimum atomic E-state index is -0.847. The number of benzene rings is 2. The van der Waals surface area contributed by atoms with Crippen LogP contribution in [0.1, 0.15) is 59.2 Å². The van der Waals surface area contributed by atoms with Crippen molar-refractivity contribution in [1.82, 2.24) is 4.57 Å². The van der Waals surface area contributed by atoms with Crippen LogP contribution in [0, 0.1) is 11.2 Å². The molecular weight excluding hydrogens is 417 g/mol. The van der Waals surface area contributed by atoms with Crippen molar-refractivity contribution in [1.29, 1.82) is 0 Å². The summed E-state index contributed by atoms with van der Waals surface area (Å²) in [5, 5.41) is 19.9. The summed E-state index contributed by atoms with van der Waals surface area (Å²) in [4.78, 5) is 12.2. The van der Waals surface area contributed by atoms with Crippen LogP contribution in [-0.2, 0) is 4.79 Å². The molecule has 3 aromatic rings. The number of aliphatic hydroxyl groups excluding tert-OH is 1. The van der Waals surface area contributed by atoms with E-state index in [1.165, 1.54) is 12.1 Å². The highest BCUT2D eigenvalue weighted by Gasteiger charge is 2.27. The summed E-state index contributed by atoms with van der Waals surface area (Å²) >= 11 is 0. The lowest BCUT2D eigenvalue weighted by molar-refractivity contribution is -0.128. The van der Waals surface area contributed by atoms with E-state index < -0.39 is 17.6 Å². The number of nitrogens with zero attached hydrogens (tertiary/aromatic N) is 1. The van der Waals surface area contributed by atoms with Gasteiger partial charge >= 0.3 is 0 Å². The van der Waals surface area contributed by atoms with Crippen LogP contribution in [0.3, 0.4) is 0 Å². The SMILES string of the molecule is CC(C)n1c(/C=C/[C@@H](O)C[C@@H]([OH2+])CC(=O)C(C)(C)C)c(-c2ccc(F)cc2)c2ccccc21. The van der Waals surface area contributed by atoms with Crippen molar-refractivity contribution in [2.75, 3.05) is 0 Å². The molecule has 2 atom stereocenters. The normalized spacial score (nSPS) is 14.3. The summed E-state index contributed by atoms with van der Waals surface area (Å²) in [6.07, 6.45) is 2.39. The standard InChI is InChI=1S/C28H34FNO3/c1-18(2)30-24-9-7-6-8-23(24)27(19-10-12-20(29)13-11-19)25(30)15-14-21(31)16-22(32)17-26(33)28(3,4)5/h6-15,18,21-22,31-32H,16-17H2,1-5H3/p+1/b15-14+/t21-,22-/m1/s1. The number of ketones is 1. The summed E-state index contributed by atoms with van der Waals surface area (Å²) in [6, 6.07) is 14.7. The third kappa shape index (κ3) is 5.79. The predicted octanol–water partition coefficient (Wildman–Crippen LogP) is 5.89. The van der Waals surface area contributed by atoms with Crippen molar-refractivity contribution in [2.45, 2.75) is 65.7 Å². The predicted molar refractivity (Wildman–Crippen MR) is 134 cm³/mol. The van der Waals surface area contributed by atoms with Crippen molar-refractivity contribution in [3.8, 4) is 11.1 Å². The van der Waals surface area contributed by atoms with Gasteiger partial charge in [-0.05, 0) is 43.7 Å². The van der Waals surface area contributed by atoms with Gasteiger partial charge in [-0.1, -0.05) is 57.2 Å². The average Bonchev–Trinajstić information content (AvgIpc) is 3.06. The topological polar surface area (TPSA) is 65.1 Å². The van der Waals surface area contributed by atoms with E-state index >= 15 is 0 Å².